The number of nitrogens with zero attached hydrogens (tertiary/aromatic N) is 2. The quantitative estimate of drug-likeness (QED) is 0.846. The van der Waals surface area contributed by atoms with E-state index in [1.54, 1.807) is 11.8 Å². The number of benzene rings is 1. The molecule has 1 N–H and O–H groups in total. The van der Waals surface area contributed by atoms with Crippen LogP contribution in [0, 0.1) is 0 Å². The highest BCUT2D eigenvalue weighted by atomic mass is 35.5. The molecule has 2 rings (SSSR count). The van der Waals surface area contributed by atoms with Crippen molar-refractivity contribution in [2.45, 2.75) is 17.2 Å². The lowest BCUT2D eigenvalue weighted by atomic mass is 10.4. The van der Waals surface area contributed by atoms with Gasteiger partial charge in [0, 0.05) is 9.92 Å². The van der Waals surface area contributed by atoms with Crippen molar-refractivity contribution in [2.24, 2.45) is 0 Å². The van der Waals surface area contributed by atoms with Gasteiger partial charge in [0.05, 0.1) is 12.3 Å². The molecule has 0 spiro atoms. The number of halogens is 1. The lowest BCUT2D eigenvalue weighted by Gasteiger charge is -1.97. The Balaban J connectivity index is 1.90. The zero-order valence-corrected chi connectivity index (χ0v) is 10.9. The van der Waals surface area contributed by atoms with Crippen LogP contribution < -0.4 is 5.32 Å². The number of hydrogen-bond acceptors (Lipinski definition) is 5. The topological polar surface area (TPSA) is 51.0 Å². The first-order valence-electron chi connectivity index (χ1n) is 5.12. The average molecular weight is 270 g/mol. The van der Waals surface area contributed by atoms with Crippen molar-refractivity contribution in [3.63, 3.8) is 0 Å². The fourth-order valence-electron chi connectivity index (χ4n) is 1.25. The van der Waals surface area contributed by atoms with E-state index in [1.807, 2.05) is 31.3 Å². The van der Waals surface area contributed by atoms with Crippen molar-refractivity contribution in [3.8, 4) is 0 Å². The molecule has 0 atom stereocenters. The summed E-state index contributed by atoms with van der Waals surface area (Å²) >= 11 is 7.46. The largest absolute Gasteiger partial charge is 0.338 e. The Hall–Kier alpha value is -1.04. The Bertz CT molecular complexity index is 472. The monoisotopic (exact) mass is 269 g/mol. The van der Waals surface area contributed by atoms with Crippen LogP contribution in [0.25, 0.3) is 0 Å². The van der Waals surface area contributed by atoms with E-state index in [4.69, 9.17) is 16.1 Å². The molecule has 0 aliphatic rings. The average Bonchev–Trinajstić information content (AvgIpc) is 2.77. The highest BCUT2D eigenvalue weighted by Gasteiger charge is 2.05. The summed E-state index contributed by atoms with van der Waals surface area (Å²) in [5, 5.41) is 7.59. The molecule has 0 aliphatic carbocycles. The molecule has 0 saturated carbocycles. The molecule has 0 aliphatic heterocycles. The number of hydrogen-bond donors (Lipinski definition) is 1. The first kappa shape index (κ1) is 12.4. The fourth-order valence-corrected chi connectivity index (χ4v) is 2.12. The van der Waals surface area contributed by atoms with Gasteiger partial charge >= 0.3 is 0 Å². The van der Waals surface area contributed by atoms with Gasteiger partial charge in [-0.25, -0.2) is 0 Å². The normalized spacial score (nSPS) is 10.7. The fraction of sp³-hybridized carbons (Fsp3) is 0.273. The SMILES string of the molecule is CNCc1nc(CSc2ccc(Cl)cc2)no1. The third-order valence-electron chi connectivity index (χ3n) is 2.02. The van der Waals surface area contributed by atoms with Gasteiger partial charge in [0.1, 0.15) is 0 Å². The smallest absolute Gasteiger partial charge is 0.240 e. The lowest BCUT2D eigenvalue weighted by molar-refractivity contribution is 0.368. The van der Waals surface area contributed by atoms with Crippen LogP contribution in [0.4, 0.5) is 0 Å². The molecule has 0 fully saturated rings. The summed E-state index contributed by atoms with van der Waals surface area (Å²) in [5.41, 5.74) is 0. The second kappa shape index (κ2) is 6.05. The molecule has 2 aromatic rings. The van der Waals surface area contributed by atoms with Crippen LogP contribution >= 0.6 is 23.4 Å². The summed E-state index contributed by atoms with van der Waals surface area (Å²) in [6.45, 7) is 0.596. The highest BCUT2D eigenvalue weighted by molar-refractivity contribution is 7.98. The molecule has 4 nitrogen and oxygen atoms in total. The summed E-state index contributed by atoms with van der Waals surface area (Å²) < 4.78 is 5.05. The van der Waals surface area contributed by atoms with Crippen molar-refractivity contribution in [1.82, 2.24) is 15.5 Å². The molecule has 0 amide bonds. The van der Waals surface area contributed by atoms with Crippen LogP contribution in [-0.4, -0.2) is 17.2 Å². The van der Waals surface area contributed by atoms with E-state index in [0.29, 0.717) is 24.0 Å². The highest BCUT2D eigenvalue weighted by Crippen LogP contribution is 2.23. The maximum Gasteiger partial charge on any atom is 0.240 e. The molecule has 6 heteroatoms. The van der Waals surface area contributed by atoms with E-state index >= 15 is 0 Å². The molecule has 0 saturated heterocycles. The second-order valence-electron chi connectivity index (χ2n) is 3.38. The lowest BCUT2D eigenvalue weighted by Crippen LogP contribution is -2.05. The Morgan fingerprint density at radius 2 is 2.12 bits per heavy atom. The van der Waals surface area contributed by atoms with Gasteiger partial charge in [-0.2, -0.15) is 4.98 Å². The van der Waals surface area contributed by atoms with Crippen molar-refractivity contribution < 1.29 is 4.52 Å². The molecule has 0 radical (unpaired) electrons. The van der Waals surface area contributed by atoms with Gasteiger partial charge in [0.25, 0.3) is 0 Å². The summed E-state index contributed by atoms with van der Waals surface area (Å²) in [4.78, 5) is 5.38. The van der Waals surface area contributed by atoms with Gasteiger partial charge in [-0.15, -0.1) is 11.8 Å². The summed E-state index contributed by atoms with van der Waals surface area (Å²) in [6.07, 6.45) is 0. The minimum absolute atomic E-state index is 0.596. The molecular formula is C11H12ClN3OS. The van der Waals surface area contributed by atoms with E-state index < -0.39 is 0 Å². The molecule has 1 aromatic heterocycles. The van der Waals surface area contributed by atoms with E-state index in [2.05, 4.69) is 15.5 Å². The molecule has 1 heterocycles. The van der Waals surface area contributed by atoms with Gasteiger partial charge in [-0.3, -0.25) is 0 Å². The Labute approximate surface area is 109 Å². The Morgan fingerprint density at radius 1 is 1.35 bits per heavy atom. The number of thioether (sulfide) groups is 1. The number of aromatic nitrogens is 2. The van der Waals surface area contributed by atoms with Gasteiger partial charge in [0.15, 0.2) is 5.82 Å². The zero-order chi connectivity index (χ0) is 12.1. The van der Waals surface area contributed by atoms with Gasteiger partial charge < -0.3 is 9.84 Å². The molecular weight excluding hydrogens is 258 g/mol. The third-order valence-corrected chi connectivity index (χ3v) is 3.28. The first-order valence-corrected chi connectivity index (χ1v) is 6.48. The van der Waals surface area contributed by atoms with Gasteiger partial charge in [0.2, 0.25) is 5.89 Å². The molecule has 0 unspecified atom stereocenters. The second-order valence-corrected chi connectivity index (χ2v) is 4.86. The Kier molecular flexibility index (Phi) is 4.42. The molecule has 1 aromatic carbocycles. The van der Waals surface area contributed by atoms with Crippen molar-refractivity contribution in [2.75, 3.05) is 7.05 Å². The number of rotatable bonds is 5. The van der Waals surface area contributed by atoms with E-state index in [-0.39, 0.29) is 0 Å². The minimum atomic E-state index is 0.596. The maximum absolute atomic E-state index is 5.81. The van der Waals surface area contributed by atoms with E-state index in [1.165, 1.54) is 0 Å². The maximum atomic E-state index is 5.81. The van der Waals surface area contributed by atoms with Crippen LogP contribution in [0.5, 0.6) is 0 Å². The van der Waals surface area contributed by atoms with Crippen LogP contribution in [0.15, 0.2) is 33.7 Å². The van der Waals surface area contributed by atoms with Crippen molar-refractivity contribution in [3.05, 3.63) is 41.0 Å². The van der Waals surface area contributed by atoms with Crippen LogP contribution in [-0.2, 0) is 12.3 Å². The zero-order valence-electron chi connectivity index (χ0n) is 9.31. The van der Waals surface area contributed by atoms with Crippen LogP contribution in [0.2, 0.25) is 5.02 Å². The van der Waals surface area contributed by atoms with Crippen LogP contribution in [0.1, 0.15) is 11.7 Å². The summed E-state index contributed by atoms with van der Waals surface area (Å²) in [6, 6.07) is 7.68. The standard InChI is InChI=1S/C11H12ClN3OS/c1-13-6-11-14-10(15-16-11)7-17-9-4-2-8(12)3-5-9/h2-5,13H,6-7H2,1H3. The summed E-state index contributed by atoms with van der Waals surface area (Å²) in [5.74, 6) is 2.00. The number of nitrogens with one attached hydrogen (secondary N) is 1. The van der Waals surface area contributed by atoms with Gasteiger partial charge in [-0.05, 0) is 31.3 Å². The first-order chi connectivity index (χ1) is 8.28. The molecule has 17 heavy (non-hydrogen) atoms. The van der Waals surface area contributed by atoms with Crippen molar-refractivity contribution >= 4 is 23.4 Å². The van der Waals surface area contributed by atoms with E-state index in [9.17, 15) is 0 Å². The van der Waals surface area contributed by atoms with E-state index in [0.717, 1.165) is 9.92 Å². The predicted molar refractivity (Wildman–Crippen MR) is 68.1 cm³/mol. The molecule has 0 bridgehead atoms. The van der Waals surface area contributed by atoms with Gasteiger partial charge in [-0.1, -0.05) is 16.8 Å². The van der Waals surface area contributed by atoms with Crippen LogP contribution in [0.3, 0.4) is 0 Å². The minimum Gasteiger partial charge on any atom is -0.338 e. The summed E-state index contributed by atoms with van der Waals surface area (Å²) in [7, 11) is 1.84. The Morgan fingerprint density at radius 3 is 2.82 bits per heavy atom. The third kappa shape index (κ3) is 3.73. The van der Waals surface area contributed by atoms with Crippen molar-refractivity contribution in [1.29, 1.82) is 0 Å². The molecule has 90 valence electrons. The predicted octanol–water partition coefficient (Wildman–Crippen LogP) is 2.73.